The van der Waals surface area contributed by atoms with Gasteiger partial charge in [0.1, 0.15) is 11.8 Å². The Bertz CT molecular complexity index is 594. The summed E-state index contributed by atoms with van der Waals surface area (Å²) in [7, 11) is 0. The quantitative estimate of drug-likeness (QED) is 0.862. The second-order valence-corrected chi connectivity index (χ2v) is 6.31. The zero-order chi connectivity index (χ0) is 15.9. The zero-order valence-electron chi connectivity index (χ0n) is 12.4. The van der Waals surface area contributed by atoms with Crippen molar-refractivity contribution in [2.24, 2.45) is 17.8 Å². The molecule has 1 saturated carbocycles. The van der Waals surface area contributed by atoms with Crippen LogP contribution in [0.3, 0.4) is 0 Å². The number of nitrogens with zero attached hydrogens (tertiary/aromatic N) is 1. The molecule has 6 nitrogen and oxygen atoms in total. The lowest BCUT2D eigenvalue weighted by Gasteiger charge is -2.25. The van der Waals surface area contributed by atoms with E-state index in [0.717, 1.165) is 11.3 Å². The molecule has 2 heterocycles. The molecule has 1 aliphatic carbocycles. The van der Waals surface area contributed by atoms with Crippen LogP contribution in [-0.2, 0) is 14.4 Å². The van der Waals surface area contributed by atoms with Gasteiger partial charge in [-0.05, 0) is 37.3 Å². The molecule has 1 N–H and O–H groups in total. The third kappa shape index (κ3) is 2.42. The number of likely N-dealkylation sites (tertiary alicyclic amines) is 1. The van der Waals surface area contributed by atoms with Gasteiger partial charge in [0, 0.05) is 0 Å². The normalized spacial score (nSPS) is 29.5. The number of rotatable bonds is 4. The first kappa shape index (κ1) is 14.8. The fourth-order valence-electron chi connectivity index (χ4n) is 3.69. The summed E-state index contributed by atoms with van der Waals surface area (Å²) in [6.45, 7) is 2.08. The van der Waals surface area contributed by atoms with Crippen LogP contribution in [-0.4, -0.2) is 27.8 Å². The fraction of sp³-hybridized carbons (Fsp3) is 0.562. The lowest BCUT2D eigenvalue weighted by molar-refractivity contribution is -0.146. The predicted octanol–water partition coefficient (Wildman–Crippen LogP) is 2.22. The molecular formula is C16H19NO5. The molecule has 1 aromatic rings. The zero-order valence-corrected chi connectivity index (χ0v) is 12.4. The highest BCUT2D eigenvalue weighted by atomic mass is 16.4. The molecule has 2 fully saturated rings. The van der Waals surface area contributed by atoms with Crippen molar-refractivity contribution >= 4 is 17.8 Å². The van der Waals surface area contributed by atoms with Gasteiger partial charge in [0.25, 0.3) is 0 Å². The smallest absolute Gasteiger partial charge is 0.305 e. The van der Waals surface area contributed by atoms with E-state index < -0.39 is 12.0 Å². The first-order valence-electron chi connectivity index (χ1n) is 7.61. The number of imide groups is 1. The first-order chi connectivity index (χ1) is 10.5. The summed E-state index contributed by atoms with van der Waals surface area (Å²) in [6, 6.07) is 2.39. The number of hydrogen-bond donors (Lipinski definition) is 1. The number of amides is 2. The van der Waals surface area contributed by atoms with E-state index in [0.29, 0.717) is 24.5 Å². The largest absolute Gasteiger partial charge is 0.481 e. The number of carbonyl (C=O) groups is 3. The number of carboxylic acids is 1. The molecule has 0 bridgehead atoms. The average Bonchev–Trinajstić information content (AvgIpc) is 3.06. The number of fused-ring (bicyclic) bond motifs is 1. The van der Waals surface area contributed by atoms with Crippen LogP contribution in [0.2, 0.25) is 0 Å². The Labute approximate surface area is 128 Å². The van der Waals surface area contributed by atoms with Gasteiger partial charge in [0.2, 0.25) is 11.8 Å². The minimum atomic E-state index is -1.06. The fourth-order valence-corrected chi connectivity index (χ4v) is 3.69. The van der Waals surface area contributed by atoms with Crippen LogP contribution >= 0.6 is 0 Å². The van der Waals surface area contributed by atoms with Crippen molar-refractivity contribution in [3.05, 3.63) is 24.2 Å². The molecule has 1 aromatic heterocycles. The van der Waals surface area contributed by atoms with Gasteiger partial charge in [-0.2, -0.15) is 0 Å². The van der Waals surface area contributed by atoms with E-state index in [1.54, 1.807) is 12.1 Å². The van der Waals surface area contributed by atoms with Crippen LogP contribution in [0.1, 0.15) is 44.4 Å². The molecule has 6 heteroatoms. The van der Waals surface area contributed by atoms with E-state index in [1.165, 1.54) is 6.26 Å². The van der Waals surface area contributed by atoms with E-state index >= 15 is 0 Å². The lowest BCUT2D eigenvalue weighted by atomic mass is 9.76. The number of furan rings is 1. The lowest BCUT2D eigenvalue weighted by Crippen LogP contribution is -2.36. The number of carboxylic acid groups (broad SMARTS) is 1. The van der Waals surface area contributed by atoms with Crippen molar-refractivity contribution in [3.8, 4) is 0 Å². The summed E-state index contributed by atoms with van der Waals surface area (Å²) >= 11 is 0. The van der Waals surface area contributed by atoms with Crippen molar-refractivity contribution in [1.29, 1.82) is 0 Å². The number of carbonyl (C=O) groups excluding carboxylic acids is 2. The summed E-state index contributed by atoms with van der Waals surface area (Å²) in [5.41, 5.74) is 0. The molecule has 22 heavy (non-hydrogen) atoms. The molecule has 2 amide bonds. The molecule has 2 aliphatic rings. The molecule has 118 valence electrons. The summed E-state index contributed by atoms with van der Waals surface area (Å²) < 4.78 is 5.27. The monoisotopic (exact) mass is 305 g/mol. The van der Waals surface area contributed by atoms with Crippen molar-refractivity contribution in [2.45, 2.75) is 38.6 Å². The third-order valence-electron chi connectivity index (χ3n) is 4.77. The van der Waals surface area contributed by atoms with Crippen LogP contribution < -0.4 is 0 Å². The van der Waals surface area contributed by atoms with Crippen LogP contribution in [0.25, 0.3) is 0 Å². The maximum atomic E-state index is 12.7. The minimum absolute atomic E-state index is 0.246. The third-order valence-corrected chi connectivity index (χ3v) is 4.77. The standard InChI is InChI=1S/C16H19NO5/c1-9-4-5-10-11(7-9)16(21)17(15(10)20)12(8-14(18)19)13-3-2-6-22-13/h2-3,6,9-12H,4-5,7-8H2,1H3,(H,18,19)/t9-,10-,11+,12-/m0/s1. The Morgan fingerprint density at radius 3 is 2.73 bits per heavy atom. The van der Waals surface area contributed by atoms with Crippen molar-refractivity contribution in [1.82, 2.24) is 4.90 Å². The van der Waals surface area contributed by atoms with Gasteiger partial charge in [-0.15, -0.1) is 0 Å². The number of hydrogen-bond acceptors (Lipinski definition) is 4. The molecule has 0 radical (unpaired) electrons. The summed E-state index contributed by atoms with van der Waals surface area (Å²) in [6.07, 6.45) is 3.41. The Balaban J connectivity index is 1.92. The SMILES string of the molecule is C[C@H]1CC[C@@H]2C(=O)N([C@@H](CC(=O)O)c3ccco3)C(=O)[C@@H]2C1. The van der Waals surface area contributed by atoms with Crippen LogP contribution in [0.4, 0.5) is 0 Å². The first-order valence-corrected chi connectivity index (χ1v) is 7.61. The molecule has 1 aliphatic heterocycles. The van der Waals surface area contributed by atoms with Crippen LogP contribution in [0.15, 0.2) is 22.8 Å². The molecule has 1 saturated heterocycles. The molecule has 4 atom stereocenters. The van der Waals surface area contributed by atoms with E-state index in [1.807, 2.05) is 0 Å². The van der Waals surface area contributed by atoms with Gasteiger partial charge in [-0.3, -0.25) is 19.3 Å². The molecular weight excluding hydrogens is 286 g/mol. The number of aliphatic carboxylic acids is 1. The second-order valence-electron chi connectivity index (χ2n) is 6.31. The summed E-state index contributed by atoms with van der Waals surface area (Å²) in [5, 5.41) is 9.13. The maximum Gasteiger partial charge on any atom is 0.305 e. The Kier molecular flexibility index (Phi) is 3.76. The van der Waals surface area contributed by atoms with Gasteiger partial charge >= 0.3 is 5.97 Å². The Morgan fingerprint density at radius 2 is 2.09 bits per heavy atom. The molecule has 0 unspecified atom stereocenters. The predicted molar refractivity (Wildman–Crippen MR) is 75.5 cm³/mol. The van der Waals surface area contributed by atoms with Crippen molar-refractivity contribution in [3.63, 3.8) is 0 Å². The van der Waals surface area contributed by atoms with Gasteiger partial charge in [-0.25, -0.2) is 0 Å². The highest BCUT2D eigenvalue weighted by Crippen LogP contribution is 2.44. The minimum Gasteiger partial charge on any atom is -0.481 e. The molecule has 0 aromatic carbocycles. The van der Waals surface area contributed by atoms with E-state index in [9.17, 15) is 14.4 Å². The van der Waals surface area contributed by atoms with Crippen molar-refractivity contribution < 1.29 is 23.9 Å². The maximum absolute atomic E-state index is 12.7. The topological polar surface area (TPSA) is 87.8 Å². The average molecular weight is 305 g/mol. The highest BCUT2D eigenvalue weighted by Gasteiger charge is 2.52. The second kappa shape index (κ2) is 5.59. The van der Waals surface area contributed by atoms with Gasteiger partial charge < -0.3 is 9.52 Å². The molecule has 0 spiro atoms. The van der Waals surface area contributed by atoms with E-state index in [4.69, 9.17) is 9.52 Å². The van der Waals surface area contributed by atoms with Crippen LogP contribution in [0.5, 0.6) is 0 Å². The van der Waals surface area contributed by atoms with Crippen LogP contribution in [0, 0.1) is 17.8 Å². The van der Waals surface area contributed by atoms with E-state index in [-0.39, 0.29) is 30.1 Å². The van der Waals surface area contributed by atoms with Gasteiger partial charge in [-0.1, -0.05) is 6.92 Å². The summed E-state index contributed by atoms with van der Waals surface area (Å²) in [5.74, 6) is -1.40. The van der Waals surface area contributed by atoms with Gasteiger partial charge in [0.15, 0.2) is 0 Å². The summed E-state index contributed by atoms with van der Waals surface area (Å²) in [4.78, 5) is 37.6. The highest BCUT2D eigenvalue weighted by molar-refractivity contribution is 6.05. The molecule has 3 rings (SSSR count). The van der Waals surface area contributed by atoms with Gasteiger partial charge in [0.05, 0.1) is 24.5 Å². The Morgan fingerprint density at radius 1 is 1.36 bits per heavy atom. The van der Waals surface area contributed by atoms with Crippen molar-refractivity contribution in [2.75, 3.05) is 0 Å². The van der Waals surface area contributed by atoms with E-state index in [2.05, 4.69) is 6.92 Å². The Hall–Kier alpha value is -2.11.